The minimum atomic E-state index is 0.646. The number of aliphatic imine (C=N–C) groups is 1. The van der Waals surface area contributed by atoms with Gasteiger partial charge in [-0.1, -0.05) is 0 Å². The van der Waals surface area contributed by atoms with Crippen molar-refractivity contribution in [1.29, 1.82) is 0 Å². The van der Waals surface area contributed by atoms with Crippen LogP contribution in [-0.4, -0.2) is 42.5 Å². The van der Waals surface area contributed by atoms with Crippen LogP contribution in [0.1, 0.15) is 18.9 Å². The Morgan fingerprint density at radius 3 is 2.94 bits per heavy atom. The summed E-state index contributed by atoms with van der Waals surface area (Å²) in [5.74, 6) is 1.70. The lowest BCUT2D eigenvalue weighted by molar-refractivity contribution is 0.327. The fourth-order valence-electron chi connectivity index (χ4n) is 1.78. The van der Waals surface area contributed by atoms with Crippen LogP contribution in [0.4, 0.5) is 0 Å². The van der Waals surface area contributed by atoms with Crippen molar-refractivity contribution < 1.29 is 4.74 Å². The molecule has 0 saturated heterocycles. The maximum absolute atomic E-state index is 5.31. The average Bonchev–Trinajstić information content (AvgIpc) is 2.31. The summed E-state index contributed by atoms with van der Waals surface area (Å²) in [5, 5.41) is 0. The Kier molecular flexibility index (Phi) is 3.39. The van der Waals surface area contributed by atoms with E-state index in [9.17, 15) is 0 Å². The summed E-state index contributed by atoms with van der Waals surface area (Å²) in [6.45, 7) is 4.57. The van der Waals surface area contributed by atoms with Gasteiger partial charge in [-0.25, -0.2) is 4.98 Å². The number of hydrogen-bond acceptors (Lipinski definition) is 4. The molecule has 4 heteroatoms. The van der Waals surface area contributed by atoms with Crippen LogP contribution in [0.15, 0.2) is 23.3 Å². The molecule has 0 fully saturated rings. The number of hydrogen-bond donors (Lipinski definition) is 0. The van der Waals surface area contributed by atoms with E-state index in [0.29, 0.717) is 12.5 Å². The minimum absolute atomic E-state index is 0.646. The van der Waals surface area contributed by atoms with Gasteiger partial charge in [0.2, 0.25) is 5.88 Å². The van der Waals surface area contributed by atoms with Crippen molar-refractivity contribution in [2.24, 2.45) is 4.99 Å². The van der Waals surface area contributed by atoms with Crippen LogP contribution < -0.4 is 4.74 Å². The fraction of sp³-hybridized carbons (Fsp3) is 0.500. The third kappa shape index (κ3) is 2.32. The zero-order valence-corrected chi connectivity index (χ0v) is 9.81. The lowest BCUT2D eigenvalue weighted by Gasteiger charge is -2.25. The number of rotatable bonds is 3. The summed E-state index contributed by atoms with van der Waals surface area (Å²) in [4.78, 5) is 10.9. The van der Waals surface area contributed by atoms with Crippen molar-refractivity contribution in [3.8, 4) is 5.88 Å². The molecule has 0 aromatic carbocycles. The van der Waals surface area contributed by atoms with Gasteiger partial charge in [0.1, 0.15) is 5.84 Å². The predicted molar refractivity (Wildman–Crippen MR) is 64.1 cm³/mol. The summed E-state index contributed by atoms with van der Waals surface area (Å²) >= 11 is 0. The number of aromatic nitrogens is 1. The number of ether oxygens (including phenoxy) is 1. The van der Waals surface area contributed by atoms with Crippen molar-refractivity contribution in [1.82, 2.24) is 9.88 Å². The molecule has 1 aromatic rings. The zero-order valence-electron chi connectivity index (χ0n) is 9.81. The first-order valence-electron chi connectivity index (χ1n) is 5.66. The Morgan fingerprint density at radius 1 is 1.44 bits per heavy atom. The van der Waals surface area contributed by atoms with Gasteiger partial charge in [-0.15, -0.1) is 0 Å². The highest BCUT2D eigenvalue weighted by Gasteiger charge is 2.13. The van der Waals surface area contributed by atoms with Crippen molar-refractivity contribution in [3.63, 3.8) is 0 Å². The lowest BCUT2D eigenvalue weighted by atomic mass is 10.2. The van der Waals surface area contributed by atoms with Crippen molar-refractivity contribution >= 4 is 5.84 Å². The summed E-state index contributed by atoms with van der Waals surface area (Å²) in [6, 6.07) is 3.91. The van der Waals surface area contributed by atoms with E-state index in [2.05, 4.69) is 21.9 Å². The fourth-order valence-corrected chi connectivity index (χ4v) is 1.78. The average molecular weight is 219 g/mol. The van der Waals surface area contributed by atoms with Gasteiger partial charge in [0, 0.05) is 38.0 Å². The van der Waals surface area contributed by atoms with Gasteiger partial charge >= 0.3 is 0 Å². The van der Waals surface area contributed by atoms with Crippen molar-refractivity contribution in [2.45, 2.75) is 13.3 Å². The summed E-state index contributed by atoms with van der Waals surface area (Å²) < 4.78 is 5.31. The third-order valence-corrected chi connectivity index (χ3v) is 2.56. The highest BCUT2D eigenvalue weighted by molar-refractivity contribution is 5.98. The molecule has 1 aliphatic rings. The number of nitrogens with zero attached hydrogens (tertiary/aromatic N) is 3. The van der Waals surface area contributed by atoms with Gasteiger partial charge < -0.3 is 9.64 Å². The highest BCUT2D eigenvalue weighted by Crippen LogP contribution is 2.12. The highest BCUT2D eigenvalue weighted by atomic mass is 16.5. The molecule has 0 bridgehead atoms. The van der Waals surface area contributed by atoms with Crippen molar-refractivity contribution in [3.05, 3.63) is 23.9 Å². The Hall–Kier alpha value is -1.58. The quantitative estimate of drug-likeness (QED) is 0.774. The molecule has 2 rings (SSSR count). The molecule has 0 amide bonds. The molecular formula is C12H17N3O. The molecule has 0 unspecified atom stereocenters. The Labute approximate surface area is 96.0 Å². The van der Waals surface area contributed by atoms with Crippen LogP contribution in [0.25, 0.3) is 0 Å². The normalized spacial score (nSPS) is 15.9. The molecule has 1 aromatic heterocycles. The molecule has 0 atom stereocenters. The van der Waals surface area contributed by atoms with E-state index in [4.69, 9.17) is 4.74 Å². The second-order valence-corrected chi connectivity index (χ2v) is 3.80. The van der Waals surface area contributed by atoms with Crippen LogP contribution >= 0.6 is 0 Å². The maximum atomic E-state index is 5.31. The van der Waals surface area contributed by atoms with Crippen LogP contribution in [0.2, 0.25) is 0 Å². The van der Waals surface area contributed by atoms with E-state index in [1.807, 2.05) is 25.3 Å². The summed E-state index contributed by atoms with van der Waals surface area (Å²) in [7, 11) is 2.06. The van der Waals surface area contributed by atoms with Crippen molar-refractivity contribution in [2.75, 3.05) is 26.7 Å². The van der Waals surface area contributed by atoms with Gasteiger partial charge in [0.05, 0.1) is 6.61 Å². The van der Waals surface area contributed by atoms with Gasteiger partial charge in [-0.05, 0) is 19.4 Å². The molecule has 0 saturated carbocycles. The van der Waals surface area contributed by atoms with Gasteiger partial charge in [0.25, 0.3) is 0 Å². The molecule has 1 aliphatic heterocycles. The standard InChI is InChI=1S/C12H17N3O/c1-3-16-11-6-5-10(9-14-11)12-13-7-4-8-15(12)2/h5-6,9H,3-4,7-8H2,1-2H3. The van der Waals surface area contributed by atoms with E-state index < -0.39 is 0 Å². The van der Waals surface area contributed by atoms with Crippen LogP contribution in [0, 0.1) is 0 Å². The Bertz CT molecular complexity index is 372. The SMILES string of the molecule is CCOc1ccc(C2=NCCCN2C)cn1. The van der Waals surface area contributed by atoms with Gasteiger partial charge in [-0.3, -0.25) is 4.99 Å². The molecule has 16 heavy (non-hydrogen) atoms. The molecule has 2 heterocycles. The van der Waals surface area contributed by atoms with Crippen LogP contribution in [-0.2, 0) is 0 Å². The number of pyridine rings is 1. The molecular weight excluding hydrogens is 202 g/mol. The van der Waals surface area contributed by atoms with Crippen LogP contribution in [0.5, 0.6) is 5.88 Å². The van der Waals surface area contributed by atoms with E-state index >= 15 is 0 Å². The van der Waals surface area contributed by atoms with E-state index in [1.165, 1.54) is 0 Å². The number of amidine groups is 1. The first-order chi connectivity index (χ1) is 7.81. The third-order valence-electron chi connectivity index (χ3n) is 2.56. The zero-order chi connectivity index (χ0) is 11.4. The Balaban J connectivity index is 2.17. The van der Waals surface area contributed by atoms with E-state index in [1.54, 1.807) is 0 Å². The van der Waals surface area contributed by atoms with Gasteiger partial charge in [0.15, 0.2) is 0 Å². The maximum Gasteiger partial charge on any atom is 0.213 e. The molecule has 0 N–H and O–H groups in total. The second-order valence-electron chi connectivity index (χ2n) is 3.80. The first-order valence-corrected chi connectivity index (χ1v) is 5.66. The molecule has 0 radical (unpaired) electrons. The Morgan fingerprint density at radius 2 is 2.31 bits per heavy atom. The van der Waals surface area contributed by atoms with Gasteiger partial charge in [-0.2, -0.15) is 0 Å². The van der Waals surface area contributed by atoms with E-state index in [0.717, 1.165) is 30.9 Å². The monoisotopic (exact) mass is 219 g/mol. The second kappa shape index (κ2) is 4.96. The summed E-state index contributed by atoms with van der Waals surface area (Å²) in [5.41, 5.74) is 1.06. The smallest absolute Gasteiger partial charge is 0.213 e. The largest absolute Gasteiger partial charge is 0.478 e. The predicted octanol–water partition coefficient (Wildman–Crippen LogP) is 1.56. The summed E-state index contributed by atoms with van der Waals surface area (Å²) in [6.07, 6.45) is 2.95. The molecule has 86 valence electrons. The lowest BCUT2D eigenvalue weighted by Crippen LogP contribution is -2.32. The van der Waals surface area contributed by atoms with Crippen LogP contribution in [0.3, 0.4) is 0 Å². The minimum Gasteiger partial charge on any atom is -0.478 e. The first kappa shape index (κ1) is 10.9. The molecule has 0 aliphatic carbocycles. The molecule has 0 spiro atoms. The van der Waals surface area contributed by atoms with E-state index in [-0.39, 0.29) is 0 Å². The topological polar surface area (TPSA) is 37.7 Å². The molecule has 4 nitrogen and oxygen atoms in total.